The number of fused-ring (bicyclic) bond motifs is 1. The number of piperidine rings is 1. The number of aliphatic hydroxyl groups excluding tert-OH is 1. The Labute approximate surface area is 129 Å². The molecule has 1 aliphatic heterocycles. The van der Waals surface area contributed by atoms with E-state index in [1.54, 1.807) is 13.0 Å². The van der Waals surface area contributed by atoms with Crippen LogP contribution < -0.4 is 5.43 Å². The van der Waals surface area contributed by atoms with Crippen LogP contribution in [0.2, 0.25) is 0 Å². The monoisotopic (exact) mass is 302 g/mol. The lowest BCUT2D eigenvalue weighted by Crippen LogP contribution is -2.53. The number of nitrogens with zero attached hydrogens (tertiary/aromatic N) is 1. The number of nitrogens with one attached hydrogen (secondary N) is 1. The van der Waals surface area contributed by atoms with Gasteiger partial charge < -0.3 is 15.2 Å². The minimum Gasteiger partial charge on any atom is -0.389 e. The maximum absolute atomic E-state index is 12.2. The van der Waals surface area contributed by atoms with Crippen molar-refractivity contribution in [2.45, 2.75) is 38.5 Å². The summed E-state index contributed by atoms with van der Waals surface area (Å²) in [6.07, 6.45) is -0.248. The molecule has 0 saturated carbocycles. The van der Waals surface area contributed by atoms with Crippen molar-refractivity contribution in [3.8, 4) is 0 Å². The minimum absolute atomic E-state index is 0.0111. The van der Waals surface area contributed by atoms with E-state index in [1.165, 1.54) is 0 Å². The summed E-state index contributed by atoms with van der Waals surface area (Å²) in [6.45, 7) is 5.29. The molecular weight excluding hydrogens is 280 g/mol. The molecular formula is C17H22N2O3. The van der Waals surface area contributed by atoms with Gasteiger partial charge in [-0.1, -0.05) is 11.6 Å². The van der Waals surface area contributed by atoms with E-state index in [4.69, 9.17) is 0 Å². The number of aliphatic hydroxyl groups is 2. The van der Waals surface area contributed by atoms with E-state index in [2.05, 4.69) is 4.98 Å². The molecule has 3 rings (SSSR count). The molecule has 2 atom stereocenters. The first kappa shape index (κ1) is 15.2. The molecule has 118 valence electrons. The highest BCUT2D eigenvalue weighted by Gasteiger charge is 2.36. The third-order valence-electron chi connectivity index (χ3n) is 4.52. The number of aromatic amines is 1. The van der Waals surface area contributed by atoms with E-state index in [9.17, 15) is 15.0 Å². The fourth-order valence-electron chi connectivity index (χ4n) is 2.97. The van der Waals surface area contributed by atoms with Gasteiger partial charge in [0.2, 0.25) is 0 Å². The summed E-state index contributed by atoms with van der Waals surface area (Å²) in [5.41, 5.74) is 1.71. The average Bonchev–Trinajstić information content (AvgIpc) is 2.44. The number of H-pyrrole nitrogens is 1. The fraction of sp³-hybridized carbons (Fsp3) is 0.471. The first-order valence-electron chi connectivity index (χ1n) is 7.60. The molecule has 1 aliphatic rings. The van der Waals surface area contributed by atoms with E-state index >= 15 is 0 Å². The molecule has 1 fully saturated rings. The molecule has 0 spiro atoms. The first-order valence-corrected chi connectivity index (χ1v) is 7.60. The molecule has 5 nitrogen and oxygen atoms in total. The average molecular weight is 302 g/mol. The van der Waals surface area contributed by atoms with Crippen molar-refractivity contribution in [1.82, 2.24) is 9.88 Å². The van der Waals surface area contributed by atoms with E-state index in [-0.39, 0.29) is 5.43 Å². The topological polar surface area (TPSA) is 76.6 Å². The molecule has 0 aliphatic carbocycles. The highest BCUT2D eigenvalue weighted by atomic mass is 16.3. The van der Waals surface area contributed by atoms with Crippen LogP contribution in [0.15, 0.2) is 29.1 Å². The zero-order valence-corrected chi connectivity index (χ0v) is 13.0. The van der Waals surface area contributed by atoms with Gasteiger partial charge in [0.15, 0.2) is 5.43 Å². The second kappa shape index (κ2) is 5.50. The Hall–Kier alpha value is -1.69. The largest absolute Gasteiger partial charge is 0.389 e. The van der Waals surface area contributed by atoms with Gasteiger partial charge in [0.05, 0.1) is 11.7 Å². The number of benzene rings is 1. The van der Waals surface area contributed by atoms with Crippen molar-refractivity contribution >= 4 is 10.9 Å². The lowest BCUT2D eigenvalue weighted by molar-refractivity contribution is -0.108. The summed E-state index contributed by atoms with van der Waals surface area (Å²) in [4.78, 5) is 17.6. The molecule has 5 heteroatoms. The minimum atomic E-state index is -1.02. The zero-order chi connectivity index (χ0) is 15.9. The Morgan fingerprint density at radius 1 is 1.41 bits per heavy atom. The van der Waals surface area contributed by atoms with Gasteiger partial charge in [-0.3, -0.25) is 9.69 Å². The molecule has 3 N–H and O–H groups in total. The SMILES string of the molecule is Cc1ccc2[nH]c(CN3CC[C@@](C)(O)[C@@H](O)C3)cc(=O)c2c1. The quantitative estimate of drug-likeness (QED) is 0.778. The third-order valence-corrected chi connectivity index (χ3v) is 4.52. The molecule has 1 aromatic carbocycles. The van der Waals surface area contributed by atoms with Crippen molar-refractivity contribution in [2.75, 3.05) is 13.1 Å². The number of aryl methyl sites for hydroxylation is 1. The number of hydrogen-bond acceptors (Lipinski definition) is 4. The van der Waals surface area contributed by atoms with Gasteiger partial charge in [0.25, 0.3) is 0 Å². The summed E-state index contributed by atoms with van der Waals surface area (Å²) in [5.74, 6) is 0. The van der Waals surface area contributed by atoms with Crippen LogP contribution >= 0.6 is 0 Å². The van der Waals surface area contributed by atoms with Crippen LogP contribution in [-0.2, 0) is 6.54 Å². The third kappa shape index (κ3) is 2.92. The Morgan fingerprint density at radius 3 is 2.91 bits per heavy atom. The number of β-amino-alcohol motifs (C(OH)–C–C–N with tert-alkyl or cyclic N) is 1. The van der Waals surface area contributed by atoms with Crippen LogP contribution in [0.25, 0.3) is 10.9 Å². The van der Waals surface area contributed by atoms with E-state index < -0.39 is 11.7 Å². The van der Waals surface area contributed by atoms with Crippen LogP contribution in [0.4, 0.5) is 0 Å². The molecule has 22 heavy (non-hydrogen) atoms. The Balaban J connectivity index is 1.83. The summed E-state index contributed by atoms with van der Waals surface area (Å²) in [6, 6.07) is 7.41. The van der Waals surface area contributed by atoms with Crippen LogP contribution in [-0.4, -0.2) is 44.9 Å². The van der Waals surface area contributed by atoms with Gasteiger partial charge >= 0.3 is 0 Å². The van der Waals surface area contributed by atoms with Crippen molar-refractivity contribution in [2.24, 2.45) is 0 Å². The molecule has 0 radical (unpaired) electrons. The van der Waals surface area contributed by atoms with Crippen LogP contribution in [0.1, 0.15) is 24.6 Å². The van der Waals surface area contributed by atoms with Gasteiger partial charge in [-0.2, -0.15) is 0 Å². The summed E-state index contributed by atoms with van der Waals surface area (Å²) < 4.78 is 0. The summed E-state index contributed by atoms with van der Waals surface area (Å²) in [7, 11) is 0. The summed E-state index contributed by atoms with van der Waals surface area (Å²) in [5, 5.41) is 20.7. The molecule has 2 heterocycles. The van der Waals surface area contributed by atoms with Crippen LogP contribution in [0.3, 0.4) is 0 Å². The van der Waals surface area contributed by atoms with Crippen molar-refractivity contribution in [3.05, 3.63) is 45.7 Å². The number of likely N-dealkylation sites (tertiary alicyclic amines) is 1. The highest BCUT2D eigenvalue weighted by Crippen LogP contribution is 2.23. The van der Waals surface area contributed by atoms with Gasteiger partial charge in [-0.15, -0.1) is 0 Å². The smallest absolute Gasteiger partial charge is 0.189 e. The standard InChI is InChI=1S/C17H22N2O3/c1-11-3-4-14-13(7-11)15(20)8-12(18-14)9-19-6-5-17(2,22)16(21)10-19/h3-4,7-8,16,21-22H,5-6,9-10H2,1-2H3,(H,18,20)/t16-,17+/m0/s1. The predicted molar refractivity (Wildman–Crippen MR) is 85.8 cm³/mol. The van der Waals surface area contributed by atoms with Gasteiger partial charge in [0.1, 0.15) is 0 Å². The highest BCUT2D eigenvalue weighted by molar-refractivity contribution is 5.79. The van der Waals surface area contributed by atoms with Gasteiger partial charge in [-0.05, 0) is 32.4 Å². The number of rotatable bonds is 2. The van der Waals surface area contributed by atoms with Crippen LogP contribution in [0, 0.1) is 6.92 Å². The number of hydrogen-bond donors (Lipinski definition) is 3. The van der Waals surface area contributed by atoms with E-state index in [0.29, 0.717) is 31.4 Å². The maximum atomic E-state index is 12.2. The van der Waals surface area contributed by atoms with Crippen molar-refractivity contribution in [1.29, 1.82) is 0 Å². The second-order valence-electron chi connectivity index (χ2n) is 6.57. The van der Waals surface area contributed by atoms with Gasteiger partial charge in [0, 0.05) is 42.3 Å². The van der Waals surface area contributed by atoms with Crippen LogP contribution in [0.5, 0.6) is 0 Å². The molecule has 2 aromatic rings. The van der Waals surface area contributed by atoms with Crippen molar-refractivity contribution in [3.63, 3.8) is 0 Å². The van der Waals surface area contributed by atoms with Gasteiger partial charge in [-0.25, -0.2) is 0 Å². The van der Waals surface area contributed by atoms with Crippen molar-refractivity contribution < 1.29 is 10.2 Å². The Kier molecular flexibility index (Phi) is 3.80. The molecule has 0 bridgehead atoms. The molecule has 0 unspecified atom stereocenters. The predicted octanol–water partition coefficient (Wildman–Crippen LogP) is 1.15. The molecule has 1 aromatic heterocycles. The lowest BCUT2D eigenvalue weighted by Gasteiger charge is -2.39. The first-order chi connectivity index (χ1) is 10.3. The number of pyridine rings is 1. The van der Waals surface area contributed by atoms with E-state index in [1.807, 2.05) is 30.0 Å². The summed E-state index contributed by atoms with van der Waals surface area (Å²) >= 11 is 0. The Bertz CT molecular complexity index is 751. The fourth-order valence-corrected chi connectivity index (χ4v) is 2.97. The molecule has 0 amide bonds. The molecule has 1 saturated heterocycles. The lowest BCUT2D eigenvalue weighted by atomic mass is 9.91. The normalized spacial score (nSPS) is 26.5. The Morgan fingerprint density at radius 2 is 2.18 bits per heavy atom. The zero-order valence-electron chi connectivity index (χ0n) is 13.0. The second-order valence-corrected chi connectivity index (χ2v) is 6.57. The maximum Gasteiger partial charge on any atom is 0.189 e. The number of aromatic nitrogens is 1. The van der Waals surface area contributed by atoms with E-state index in [0.717, 1.165) is 16.8 Å².